The molecule has 0 radical (unpaired) electrons. The van der Waals surface area contributed by atoms with Gasteiger partial charge in [-0.3, -0.25) is 9.59 Å². The summed E-state index contributed by atoms with van der Waals surface area (Å²) in [5, 5.41) is 6.14. The molecule has 2 N–H and O–H groups in total. The molecule has 0 spiro atoms. The van der Waals surface area contributed by atoms with Crippen LogP contribution in [0, 0.1) is 29.1 Å². The largest absolute Gasteiger partial charge is 0.490 e. The molecule has 5 aliphatic rings. The summed E-state index contributed by atoms with van der Waals surface area (Å²) in [5.41, 5.74) is 0.404. The molecule has 4 aliphatic carbocycles. The molecule has 1 aromatic rings. The van der Waals surface area contributed by atoms with Crippen molar-refractivity contribution in [3.05, 3.63) is 18.2 Å². The van der Waals surface area contributed by atoms with Crippen molar-refractivity contribution in [1.82, 2.24) is 5.32 Å². The predicted molar refractivity (Wildman–Crippen MR) is 118 cm³/mol. The summed E-state index contributed by atoms with van der Waals surface area (Å²) in [6.45, 7) is 5.20. The first-order valence-corrected chi connectivity index (χ1v) is 11.9. The topological polar surface area (TPSA) is 76.7 Å². The lowest BCUT2D eigenvalue weighted by Gasteiger charge is -2.55. The van der Waals surface area contributed by atoms with Gasteiger partial charge in [0.1, 0.15) is 6.04 Å². The number of carbonyl (C=O) groups excluding carboxylic acids is 2. The molecule has 4 saturated carbocycles. The molecule has 31 heavy (non-hydrogen) atoms. The molecule has 0 saturated heterocycles. The fourth-order valence-electron chi connectivity index (χ4n) is 6.68. The third kappa shape index (κ3) is 4.01. The van der Waals surface area contributed by atoms with Crippen LogP contribution in [0.3, 0.4) is 0 Å². The second kappa shape index (κ2) is 8.03. The van der Waals surface area contributed by atoms with E-state index in [1.165, 1.54) is 19.3 Å². The third-order valence-electron chi connectivity index (χ3n) is 7.77. The Hall–Kier alpha value is -2.24. The monoisotopic (exact) mass is 426 g/mol. The second-order valence-corrected chi connectivity index (χ2v) is 10.6. The first-order valence-electron chi connectivity index (χ1n) is 11.9. The Labute approximate surface area is 184 Å². The third-order valence-corrected chi connectivity index (χ3v) is 7.77. The van der Waals surface area contributed by atoms with Crippen molar-refractivity contribution in [1.29, 1.82) is 0 Å². The summed E-state index contributed by atoms with van der Waals surface area (Å²) in [7, 11) is 0. The Balaban J connectivity index is 1.28. The summed E-state index contributed by atoms with van der Waals surface area (Å²) < 4.78 is 11.4. The van der Waals surface area contributed by atoms with Gasteiger partial charge in [0.2, 0.25) is 11.8 Å². The highest BCUT2D eigenvalue weighted by molar-refractivity contribution is 5.98. The zero-order valence-corrected chi connectivity index (χ0v) is 18.6. The molecule has 2 amide bonds. The number of fused-ring (bicyclic) bond motifs is 1. The lowest BCUT2D eigenvalue weighted by molar-refractivity contribution is -0.148. The first kappa shape index (κ1) is 20.7. The van der Waals surface area contributed by atoms with Crippen LogP contribution >= 0.6 is 0 Å². The maximum atomic E-state index is 13.5. The van der Waals surface area contributed by atoms with Crippen LogP contribution < -0.4 is 20.1 Å². The van der Waals surface area contributed by atoms with Crippen LogP contribution in [0.15, 0.2) is 18.2 Å². The zero-order valence-electron chi connectivity index (χ0n) is 18.6. The number of benzene rings is 1. The standard InChI is InChI=1S/C25H34N2O4/c1-15(2)22(23(28)26-19-4-5-20-21(11-19)31-7-3-6-30-20)27-24(29)25-12-16-8-17(13-25)10-18(9-16)14-25/h4-5,11,15-18,22H,3,6-10,12-14H2,1-2H3,(H,26,28)(H,27,29)/t16?,17?,18?,22-,25?/m1/s1. The van der Waals surface area contributed by atoms with Gasteiger partial charge >= 0.3 is 0 Å². The molecule has 6 heteroatoms. The molecule has 4 fully saturated rings. The lowest BCUT2D eigenvalue weighted by atomic mass is 9.49. The van der Waals surface area contributed by atoms with Crippen molar-refractivity contribution < 1.29 is 19.1 Å². The maximum absolute atomic E-state index is 13.5. The maximum Gasteiger partial charge on any atom is 0.247 e. The number of hydrogen-bond acceptors (Lipinski definition) is 4. The molecule has 0 unspecified atom stereocenters. The molecular weight excluding hydrogens is 392 g/mol. The zero-order chi connectivity index (χ0) is 21.6. The minimum Gasteiger partial charge on any atom is -0.490 e. The number of carbonyl (C=O) groups is 2. The van der Waals surface area contributed by atoms with Gasteiger partial charge in [0.15, 0.2) is 11.5 Å². The summed E-state index contributed by atoms with van der Waals surface area (Å²) in [4.78, 5) is 26.6. The van der Waals surface area contributed by atoms with E-state index in [-0.39, 0.29) is 23.1 Å². The van der Waals surface area contributed by atoms with Crippen LogP contribution in [-0.4, -0.2) is 31.1 Å². The lowest BCUT2D eigenvalue weighted by Crippen LogP contribution is -2.57. The van der Waals surface area contributed by atoms with E-state index in [1.54, 1.807) is 6.07 Å². The van der Waals surface area contributed by atoms with E-state index in [0.717, 1.165) is 25.7 Å². The van der Waals surface area contributed by atoms with Crippen LogP contribution in [0.2, 0.25) is 0 Å². The molecule has 6 nitrogen and oxygen atoms in total. The van der Waals surface area contributed by atoms with Gasteiger partial charge in [-0.1, -0.05) is 13.8 Å². The van der Waals surface area contributed by atoms with Crippen LogP contribution in [0.4, 0.5) is 5.69 Å². The number of ether oxygens (including phenoxy) is 2. The number of nitrogens with one attached hydrogen (secondary N) is 2. The van der Waals surface area contributed by atoms with E-state index in [0.29, 0.717) is 48.2 Å². The number of amides is 2. The number of rotatable bonds is 5. The van der Waals surface area contributed by atoms with Crippen molar-refractivity contribution in [2.45, 2.75) is 64.8 Å². The normalized spacial score (nSPS) is 31.8. The van der Waals surface area contributed by atoms with E-state index in [2.05, 4.69) is 10.6 Å². The molecule has 4 bridgehead atoms. The minimum atomic E-state index is -0.559. The quantitative estimate of drug-likeness (QED) is 0.742. The summed E-state index contributed by atoms with van der Waals surface area (Å²) >= 11 is 0. The summed E-state index contributed by atoms with van der Waals surface area (Å²) in [5.74, 6) is 3.36. The van der Waals surface area contributed by atoms with E-state index in [4.69, 9.17) is 9.47 Å². The average molecular weight is 427 g/mol. The highest BCUT2D eigenvalue weighted by Gasteiger charge is 2.55. The Morgan fingerprint density at radius 1 is 0.968 bits per heavy atom. The molecule has 1 atom stereocenters. The molecule has 1 aromatic carbocycles. The Morgan fingerprint density at radius 3 is 2.19 bits per heavy atom. The molecule has 0 aromatic heterocycles. The van der Waals surface area contributed by atoms with Crippen molar-refractivity contribution in [2.24, 2.45) is 29.1 Å². The van der Waals surface area contributed by atoms with Crippen LogP contribution in [0.1, 0.15) is 58.8 Å². The minimum absolute atomic E-state index is 0.00160. The summed E-state index contributed by atoms with van der Waals surface area (Å²) in [6, 6.07) is 4.89. The fraction of sp³-hybridized carbons (Fsp3) is 0.680. The van der Waals surface area contributed by atoms with Gasteiger partial charge in [0.25, 0.3) is 0 Å². The Kier molecular flexibility index (Phi) is 5.35. The van der Waals surface area contributed by atoms with E-state index >= 15 is 0 Å². The predicted octanol–water partition coefficient (Wildman–Crippen LogP) is 4.14. The molecule has 1 aliphatic heterocycles. The van der Waals surface area contributed by atoms with Crippen molar-refractivity contribution >= 4 is 17.5 Å². The van der Waals surface area contributed by atoms with Gasteiger partial charge in [0.05, 0.1) is 13.2 Å². The van der Waals surface area contributed by atoms with Gasteiger partial charge in [-0.05, 0) is 74.3 Å². The second-order valence-electron chi connectivity index (χ2n) is 10.6. The highest BCUT2D eigenvalue weighted by atomic mass is 16.5. The van der Waals surface area contributed by atoms with Gasteiger partial charge < -0.3 is 20.1 Å². The van der Waals surface area contributed by atoms with E-state index in [9.17, 15) is 9.59 Å². The first-order chi connectivity index (χ1) is 14.9. The van der Waals surface area contributed by atoms with E-state index < -0.39 is 6.04 Å². The van der Waals surface area contributed by atoms with Gasteiger partial charge in [-0.2, -0.15) is 0 Å². The van der Waals surface area contributed by atoms with Gasteiger partial charge in [-0.15, -0.1) is 0 Å². The Morgan fingerprint density at radius 2 is 1.58 bits per heavy atom. The number of hydrogen-bond donors (Lipinski definition) is 2. The van der Waals surface area contributed by atoms with Crippen LogP contribution in [0.25, 0.3) is 0 Å². The summed E-state index contributed by atoms with van der Waals surface area (Å²) in [6.07, 6.45) is 7.72. The average Bonchev–Trinajstić information content (AvgIpc) is 2.95. The SMILES string of the molecule is CC(C)[C@@H](NC(=O)C12CC3CC(CC(C3)C1)C2)C(=O)Nc1ccc2c(c1)OCCCO2. The van der Waals surface area contributed by atoms with Crippen molar-refractivity contribution in [3.8, 4) is 11.5 Å². The van der Waals surface area contributed by atoms with Crippen LogP contribution in [-0.2, 0) is 9.59 Å². The van der Waals surface area contributed by atoms with Gasteiger partial charge in [-0.25, -0.2) is 0 Å². The van der Waals surface area contributed by atoms with Crippen molar-refractivity contribution in [2.75, 3.05) is 18.5 Å². The Bertz CT molecular complexity index is 830. The highest BCUT2D eigenvalue weighted by Crippen LogP contribution is 2.60. The fourth-order valence-corrected chi connectivity index (χ4v) is 6.68. The smallest absolute Gasteiger partial charge is 0.247 e. The molecule has 168 valence electrons. The number of anilines is 1. The van der Waals surface area contributed by atoms with E-state index in [1.807, 2.05) is 26.0 Å². The van der Waals surface area contributed by atoms with Crippen molar-refractivity contribution in [3.63, 3.8) is 0 Å². The molecular formula is C25H34N2O4. The van der Waals surface area contributed by atoms with Gasteiger partial charge in [0, 0.05) is 23.6 Å². The van der Waals surface area contributed by atoms with Crippen LogP contribution in [0.5, 0.6) is 11.5 Å². The molecule has 1 heterocycles. The molecule has 6 rings (SSSR count).